The number of amides is 1. The lowest BCUT2D eigenvalue weighted by Crippen LogP contribution is -2.47. The summed E-state index contributed by atoms with van der Waals surface area (Å²) in [7, 11) is 2.09. The number of nitrogens with zero attached hydrogens (tertiary/aromatic N) is 7. The molecule has 3 aliphatic rings. The number of likely N-dealkylation sites (N-methyl/N-ethyl adjacent to an activating group) is 1. The van der Waals surface area contributed by atoms with E-state index in [1.165, 1.54) is 24.9 Å². The van der Waals surface area contributed by atoms with Crippen LogP contribution in [0.1, 0.15) is 48.5 Å². The normalized spacial score (nSPS) is 18.7. The Morgan fingerprint density at radius 3 is 2.30 bits per heavy atom. The zero-order valence-electron chi connectivity index (χ0n) is 24.9. The third-order valence-electron chi connectivity index (χ3n) is 9.08. The lowest BCUT2D eigenvalue weighted by atomic mass is 9.95. The fourth-order valence-electron chi connectivity index (χ4n) is 6.43. The summed E-state index contributed by atoms with van der Waals surface area (Å²) < 4.78 is 7.76. The standard InChI is InChI=1S/C33H40N8O2/c1-38-15-17-40(18-16-38)33(42)25-9-7-24(8-10-25)30-36-31(29-32(37-30)41(23-34-29)28-5-3-2-4-6-28)35-26-11-13-27(14-12-26)39-19-21-43-22-20-39/h7-14,23,28H,2-6,15-22H2,1H3,(H,35,36,37). The Labute approximate surface area is 252 Å². The Morgan fingerprint density at radius 2 is 1.58 bits per heavy atom. The van der Waals surface area contributed by atoms with Crippen LogP contribution < -0.4 is 10.2 Å². The lowest BCUT2D eigenvalue weighted by molar-refractivity contribution is 0.0664. The average Bonchev–Trinajstić information content (AvgIpc) is 3.51. The maximum atomic E-state index is 13.1. The predicted octanol–water partition coefficient (Wildman–Crippen LogP) is 4.97. The summed E-state index contributed by atoms with van der Waals surface area (Å²) in [5, 5.41) is 3.54. The predicted molar refractivity (Wildman–Crippen MR) is 169 cm³/mol. The van der Waals surface area contributed by atoms with Gasteiger partial charge < -0.3 is 29.3 Å². The molecule has 4 aromatic rings. The largest absolute Gasteiger partial charge is 0.378 e. The maximum absolute atomic E-state index is 13.1. The van der Waals surface area contributed by atoms with Crippen molar-refractivity contribution in [3.63, 3.8) is 0 Å². The van der Waals surface area contributed by atoms with Crippen LogP contribution in [0.15, 0.2) is 54.9 Å². The van der Waals surface area contributed by atoms with Gasteiger partial charge in [0.25, 0.3) is 5.91 Å². The van der Waals surface area contributed by atoms with Gasteiger partial charge >= 0.3 is 0 Å². The minimum Gasteiger partial charge on any atom is -0.378 e. The van der Waals surface area contributed by atoms with Crippen molar-refractivity contribution in [3.8, 4) is 11.4 Å². The summed E-state index contributed by atoms with van der Waals surface area (Å²) in [4.78, 5) is 34.5. The number of imidazole rings is 1. The third kappa shape index (κ3) is 5.94. The quantitative estimate of drug-likeness (QED) is 0.342. The van der Waals surface area contributed by atoms with Crippen LogP contribution >= 0.6 is 0 Å². The summed E-state index contributed by atoms with van der Waals surface area (Å²) in [6.45, 7) is 6.64. The number of rotatable bonds is 6. The third-order valence-corrected chi connectivity index (χ3v) is 9.08. The maximum Gasteiger partial charge on any atom is 0.253 e. The summed E-state index contributed by atoms with van der Waals surface area (Å²) in [6, 6.07) is 16.6. The number of morpholine rings is 1. The van der Waals surface area contributed by atoms with Gasteiger partial charge in [0.05, 0.1) is 19.5 Å². The van der Waals surface area contributed by atoms with Crippen molar-refractivity contribution >= 4 is 34.3 Å². The zero-order valence-corrected chi connectivity index (χ0v) is 24.9. The molecule has 4 heterocycles. The van der Waals surface area contributed by atoms with E-state index in [0.29, 0.717) is 23.2 Å². The number of piperazine rings is 1. The Hall–Kier alpha value is -4.02. The molecule has 1 N–H and O–H groups in total. The Morgan fingerprint density at radius 1 is 0.860 bits per heavy atom. The number of hydrogen-bond acceptors (Lipinski definition) is 8. The van der Waals surface area contributed by atoms with Crippen molar-refractivity contribution < 1.29 is 9.53 Å². The minimum atomic E-state index is 0.0780. The summed E-state index contributed by atoms with van der Waals surface area (Å²) in [6.07, 6.45) is 7.95. The molecule has 0 atom stereocenters. The van der Waals surface area contributed by atoms with Crippen molar-refractivity contribution in [2.45, 2.75) is 38.1 Å². The molecule has 1 saturated carbocycles. The van der Waals surface area contributed by atoms with Crippen molar-refractivity contribution in [2.75, 3.05) is 69.7 Å². The number of ether oxygens (including phenoxy) is 1. The van der Waals surface area contributed by atoms with Gasteiger partial charge in [0.2, 0.25) is 0 Å². The fourth-order valence-corrected chi connectivity index (χ4v) is 6.43. The van der Waals surface area contributed by atoms with Gasteiger partial charge in [0.15, 0.2) is 22.8 Å². The number of aromatic nitrogens is 4. The summed E-state index contributed by atoms with van der Waals surface area (Å²) in [5.41, 5.74) is 5.33. The number of carbonyl (C=O) groups excluding carboxylic acids is 1. The second kappa shape index (κ2) is 12.3. The van der Waals surface area contributed by atoms with Crippen molar-refractivity contribution in [3.05, 3.63) is 60.4 Å². The average molecular weight is 581 g/mol. The number of fused-ring (bicyclic) bond motifs is 1. The van der Waals surface area contributed by atoms with Gasteiger partial charge in [0.1, 0.15) is 0 Å². The molecule has 10 heteroatoms. The Balaban J connectivity index is 1.19. The first-order valence-electron chi connectivity index (χ1n) is 15.6. The summed E-state index contributed by atoms with van der Waals surface area (Å²) in [5.74, 6) is 1.39. The molecule has 10 nitrogen and oxygen atoms in total. The first-order chi connectivity index (χ1) is 21.1. The van der Waals surface area contributed by atoms with Crippen molar-refractivity contribution in [2.24, 2.45) is 0 Å². The van der Waals surface area contributed by atoms with E-state index in [4.69, 9.17) is 19.7 Å². The molecule has 2 aromatic carbocycles. The molecule has 224 valence electrons. The molecule has 3 fully saturated rings. The number of hydrogen-bond donors (Lipinski definition) is 1. The number of anilines is 3. The molecular formula is C33H40N8O2. The number of benzene rings is 2. The van der Waals surface area contributed by atoms with Crippen LogP contribution in [0.2, 0.25) is 0 Å². The molecule has 0 spiro atoms. The zero-order chi connectivity index (χ0) is 29.2. The van der Waals surface area contributed by atoms with Crippen LogP contribution in [0.3, 0.4) is 0 Å². The van der Waals surface area contributed by atoms with E-state index in [2.05, 4.69) is 51.0 Å². The number of nitrogens with one attached hydrogen (secondary N) is 1. The first-order valence-corrected chi connectivity index (χ1v) is 15.6. The highest BCUT2D eigenvalue weighted by Gasteiger charge is 2.23. The lowest BCUT2D eigenvalue weighted by Gasteiger charge is -2.32. The van der Waals surface area contributed by atoms with Crippen LogP contribution in [-0.4, -0.2) is 94.8 Å². The van der Waals surface area contributed by atoms with Crippen LogP contribution in [-0.2, 0) is 4.74 Å². The molecule has 0 radical (unpaired) electrons. The van der Waals surface area contributed by atoms with Gasteiger partial charge in [-0.3, -0.25) is 4.79 Å². The van der Waals surface area contributed by atoms with Gasteiger partial charge in [-0.2, -0.15) is 0 Å². The second-order valence-electron chi connectivity index (χ2n) is 12.0. The molecule has 1 amide bonds. The highest BCUT2D eigenvalue weighted by atomic mass is 16.5. The minimum absolute atomic E-state index is 0.0780. The Kier molecular flexibility index (Phi) is 7.95. The van der Waals surface area contributed by atoms with E-state index in [1.54, 1.807) is 0 Å². The SMILES string of the molecule is CN1CCN(C(=O)c2ccc(-c3nc(Nc4ccc(N5CCOCC5)cc4)c4ncn(C5CCCCC5)c4n3)cc2)CC1. The van der Waals surface area contributed by atoms with E-state index < -0.39 is 0 Å². The van der Waals surface area contributed by atoms with Gasteiger partial charge in [-0.05, 0) is 56.3 Å². The molecule has 1 aliphatic carbocycles. The van der Waals surface area contributed by atoms with Crippen LogP contribution in [0, 0.1) is 0 Å². The first kappa shape index (κ1) is 27.8. The molecule has 43 heavy (non-hydrogen) atoms. The molecule has 2 aliphatic heterocycles. The van der Waals surface area contributed by atoms with E-state index in [9.17, 15) is 4.79 Å². The monoisotopic (exact) mass is 580 g/mol. The highest BCUT2D eigenvalue weighted by molar-refractivity contribution is 5.95. The number of carbonyl (C=O) groups is 1. The van der Waals surface area contributed by atoms with E-state index >= 15 is 0 Å². The Bertz CT molecular complexity index is 1550. The van der Waals surface area contributed by atoms with Crippen LogP contribution in [0.4, 0.5) is 17.2 Å². The van der Waals surface area contributed by atoms with E-state index in [0.717, 1.165) is 87.7 Å². The molecule has 0 bridgehead atoms. The van der Waals surface area contributed by atoms with Crippen molar-refractivity contribution in [1.29, 1.82) is 0 Å². The van der Waals surface area contributed by atoms with Gasteiger partial charge in [0, 0.05) is 67.8 Å². The molecule has 7 rings (SSSR count). The fraction of sp³-hybridized carbons (Fsp3) is 0.455. The van der Waals surface area contributed by atoms with E-state index in [-0.39, 0.29) is 5.91 Å². The molecule has 0 unspecified atom stereocenters. The molecule has 2 saturated heterocycles. The summed E-state index contributed by atoms with van der Waals surface area (Å²) >= 11 is 0. The van der Waals surface area contributed by atoms with Gasteiger partial charge in [-0.25, -0.2) is 15.0 Å². The topological polar surface area (TPSA) is 91.6 Å². The molecule has 2 aromatic heterocycles. The van der Waals surface area contributed by atoms with Crippen LogP contribution in [0.25, 0.3) is 22.6 Å². The van der Waals surface area contributed by atoms with E-state index in [1.807, 2.05) is 35.5 Å². The molecular weight excluding hydrogens is 540 g/mol. The van der Waals surface area contributed by atoms with Gasteiger partial charge in [-0.1, -0.05) is 31.4 Å². The van der Waals surface area contributed by atoms with Crippen LogP contribution in [0.5, 0.6) is 0 Å². The smallest absolute Gasteiger partial charge is 0.253 e. The second-order valence-corrected chi connectivity index (χ2v) is 12.0. The highest BCUT2D eigenvalue weighted by Crippen LogP contribution is 2.34. The van der Waals surface area contributed by atoms with Gasteiger partial charge in [-0.15, -0.1) is 0 Å². The van der Waals surface area contributed by atoms with Crippen molar-refractivity contribution in [1.82, 2.24) is 29.3 Å².